The number of benzene rings is 2. The van der Waals surface area contributed by atoms with E-state index in [9.17, 15) is 23.6 Å². The van der Waals surface area contributed by atoms with Crippen LogP contribution in [-0.2, 0) is 11.3 Å². The van der Waals surface area contributed by atoms with Gasteiger partial charge < -0.3 is 0 Å². The van der Waals surface area contributed by atoms with Crippen LogP contribution in [0.5, 0.6) is 0 Å². The number of hydrogen-bond acceptors (Lipinski definition) is 5. The number of para-hydroxylation sites is 1. The standard InChI is InChI=1S/C26H23FN4O4/c27-21-10-9-17(25(34)31-12-11-18(14-28-31)23(32)16-5-1-2-6-16)13-19(21)15-30-22-8-4-3-7-20(22)24(33)29-26(30)35/h3-4,7-14,16,28H,1-2,5-6,15H2,(H,29,33,35). The molecule has 0 radical (unpaired) electrons. The first-order valence-corrected chi connectivity index (χ1v) is 11.4. The lowest BCUT2D eigenvalue weighted by molar-refractivity contribution is -0.118. The second kappa shape index (κ2) is 9.17. The summed E-state index contributed by atoms with van der Waals surface area (Å²) in [6.07, 6.45) is 8.48. The van der Waals surface area contributed by atoms with Gasteiger partial charge in [0.05, 0.1) is 17.4 Å². The molecule has 1 aliphatic heterocycles. The van der Waals surface area contributed by atoms with Gasteiger partial charge in [0, 0.05) is 35.0 Å². The number of Topliss-reactive ketones (excluding diaryl/α,β-unsaturated/α-hetero) is 1. The predicted octanol–water partition coefficient (Wildman–Crippen LogP) is 2.99. The molecule has 178 valence electrons. The summed E-state index contributed by atoms with van der Waals surface area (Å²) < 4.78 is 15.9. The molecule has 2 N–H and O–H groups in total. The van der Waals surface area contributed by atoms with Crippen molar-refractivity contribution >= 4 is 22.6 Å². The van der Waals surface area contributed by atoms with E-state index in [0.29, 0.717) is 16.5 Å². The molecule has 8 nitrogen and oxygen atoms in total. The van der Waals surface area contributed by atoms with Gasteiger partial charge in [-0.2, -0.15) is 0 Å². The van der Waals surface area contributed by atoms with Crippen molar-refractivity contribution in [2.75, 3.05) is 0 Å². The maximum atomic E-state index is 14.7. The van der Waals surface area contributed by atoms with Crippen molar-refractivity contribution in [2.24, 2.45) is 5.92 Å². The molecule has 2 heterocycles. The molecule has 0 bridgehead atoms. The number of amides is 1. The average molecular weight is 474 g/mol. The third-order valence-corrected chi connectivity index (χ3v) is 6.52. The fourth-order valence-electron chi connectivity index (χ4n) is 4.63. The van der Waals surface area contributed by atoms with Crippen LogP contribution in [0, 0.1) is 11.7 Å². The number of H-pyrrole nitrogens is 1. The molecule has 9 heteroatoms. The van der Waals surface area contributed by atoms with E-state index in [4.69, 9.17) is 0 Å². The van der Waals surface area contributed by atoms with E-state index < -0.39 is 23.0 Å². The largest absolute Gasteiger partial charge is 0.329 e. The number of hydrogen-bond donors (Lipinski definition) is 2. The minimum absolute atomic E-state index is 0.0296. The molecule has 0 spiro atoms. The fraction of sp³-hybridized carbons (Fsp3) is 0.231. The van der Waals surface area contributed by atoms with E-state index >= 15 is 0 Å². The quantitative estimate of drug-likeness (QED) is 0.592. The summed E-state index contributed by atoms with van der Waals surface area (Å²) in [5, 5.41) is 1.52. The van der Waals surface area contributed by atoms with Crippen LogP contribution < -0.4 is 16.7 Å². The summed E-state index contributed by atoms with van der Waals surface area (Å²) >= 11 is 0. The molecule has 2 aliphatic rings. The molecule has 2 aromatic carbocycles. The number of halogens is 1. The number of aromatic amines is 1. The van der Waals surface area contributed by atoms with Crippen LogP contribution in [0.3, 0.4) is 0 Å². The molecule has 5 rings (SSSR count). The second-order valence-electron chi connectivity index (χ2n) is 8.73. The summed E-state index contributed by atoms with van der Waals surface area (Å²) in [6, 6.07) is 10.4. The number of nitrogens with one attached hydrogen (secondary N) is 2. The first-order chi connectivity index (χ1) is 16.9. The zero-order chi connectivity index (χ0) is 24.5. The number of allylic oxidation sites excluding steroid dienone is 2. The lowest BCUT2D eigenvalue weighted by atomic mass is 9.96. The topological polar surface area (TPSA) is 104 Å². The van der Waals surface area contributed by atoms with E-state index in [-0.39, 0.29) is 29.4 Å². The monoisotopic (exact) mass is 474 g/mol. The fourth-order valence-corrected chi connectivity index (χ4v) is 4.63. The number of rotatable bonds is 5. The average Bonchev–Trinajstić information content (AvgIpc) is 3.42. The molecular formula is C26H23FN4O4. The molecule has 1 aromatic heterocycles. The molecular weight excluding hydrogens is 451 g/mol. The Hall–Kier alpha value is -4.27. The van der Waals surface area contributed by atoms with Crippen LogP contribution in [-0.4, -0.2) is 26.3 Å². The Morgan fingerprint density at radius 2 is 1.83 bits per heavy atom. The van der Waals surface area contributed by atoms with Gasteiger partial charge in [0.2, 0.25) is 0 Å². The second-order valence-corrected chi connectivity index (χ2v) is 8.73. The summed E-state index contributed by atoms with van der Waals surface area (Å²) in [5.41, 5.74) is 2.82. The Balaban J connectivity index is 1.38. The summed E-state index contributed by atoms with van der Waals surface area (Å²) in [4.78, 5) is 52.4. The van der Waals surface area contributed by atoms with Crippen LogP contribution >= 0.6 is 0 Å². The molecule has 0 atom stereocenters. The number of aromatic nitrogens is 2. The maximum absolute atomic E-state index is 14.7. The van der Waals surface area contributed by atoms with Crippen LogP contribution in [0.25, 0.3) is 10.9 Å². The molecule has 35 heavy (non-hydrogen) atoms. The Kier molecular flexibility index (Phi) is 5.90. The van der Waals surface area contributed by atoms with Crippen molar-refractivity contribution < 1.29 is 14.0 Å². The van der Waals surface area contributed by atoms with Crippen LogP contribution in [0.2, 0.25) is 0 Å². The molecule has 1 aliphatic carbocycles. The molecule has 1 fully saturated rings. The van der Waals surface area contributed by atoms with E-state index in [1.54, 1.807) is 30.3 Å². The lowest BCUT2D eigenvalue weighted by Gasteiger charge is -2.23. The Labute approximate surface area is 199 Å². The van der Waals surface area contributed by atoms with Gasteiger partial charge in [0.15, 0.2) is 5.78 Å². The van der Waals surface area contributed by atoms with Crippen molar-refractivity contribution in [3.05, 3.63) is 104 Å². The van der Waals surface area contributed by atoms with Gasteiger partial charge in [-0.1, -0.05) is 25.0 Å². The summed E-state index contributed by atoms with van der Waals surface area (Å²) in [6.45, 7) is -0.174. The van der Waals surface area contributed by atoms with Gasteiger partial charge in [0.1, 0.15) is 5.82 Å². The van der Waals surface area contributed by atoms with Crippen molar-refractivity contribution in [1.29, 1.82) is 0 Å². The van der Waals surface area contributed by atoms with Crippen molar-refractivity contribution in [2.45, 2.75) is 32.2 Å². The normalized spacial score (nSPS) is 15.8. The lowest BCUT2D eigenvalue weighted by Crippen LogP contribution is -2.38. The number of ketones is 1. The molecule has 1 saturated carbocycles. The van der Waals surface area contributed by atoms with Gasteiger partial charge in [-0.25, -0.2) is 14.2 Å². The van der Waals surface area contributed by atoms with E-state index in [0.717, 1.165) is 25.7 Å². The minimum Gasteiger partial charge on any atom is -0.298 e. The highest BCUT2D eigenvalue weighted by Crippen LogP contribution is 2.28. The van der Waals surface area contributed by atoms with Gasteiger partial charge in [-0.15, -0.1) is 0 Å². The van der Waals surface area contributed by atoms with Crippen LogP contribution in [0.4, 0.5) is 4.39 Å². The molecule has 0 saturated heterocycles. The first kappa shape index (κ1) is 22.5. The van der Waals surface area contributed by atoms with Gasteiger partial charge in [0.25, 0.3) is 11.5 Å². The first-order valence-electron chi connectivity index (χ1n) is 11.4. The number of carbonyl (C=O) groups is 2. The van der Waals surface area contributed by atoms with Gasteiger partial charge >= 0.3 is 5.69 Å². The Morgan fingerprint density at radius 3 is 2.57 bits per heavy atom. The Bertz CT molecular complexity index is 1510. The van der Waals surface area contributed by atoms with Crippen molar-refractivity contribution in [3.8, 4) is 0 Å². The minimum atomic E-state index is -0.671. The predicted molar refractivity (Wildman–Crippen MR) is 128 cm³/mol. The van der Waals surface area contributed by atoms with Gasteiger partial charge in [-0.3, -0.25) is 29.4 Å². The number of carbonyl (C=O) groups excluding carboxylic acids is 2. The van der Waals surface area contributed by atoms with Crippen LogP contribution in [0.15, 0.2) is 76.1 Å². The number of fused-ring (bicyclic) bond motifs is 1. The summed E-state index contributed by atoms with van der Waals surface area (Å²) in [5.74, 6) is -0.942. The van der Waals surface area contributed by atoms with Gasteiger partial charge in [-0.05, 0) is 49.2 Å². The summed E-state index contributed by atoms with van der Waals surface area (Å²) in [7, 11) is 0. The number of nitrogens with zero attached hydrogens (tertiary/aromatic N) is 2. The highest BCUT2D eigenvalue weighted by Gasteiger charge is 2.26. The molecule has 3 aromatic rings. The van der Waals surface area contributed by atoms with E-state index in [2.05, 4.69) is 10.4 Å². The molecule has 0 unspecified atom stereocenters. The van der Waals surface area contributed by atoms with Crippen molar-refractivity contribution in [1.82, 2.24) is 20.0 Å². The van der Waals surface area contributed by atoms with Crippen LogP contribution in [0.1, 0.15) is 41.6 Å². The zero-order valence-corrected chi connectivity index (χ0v) is 18.8. The van der Waals surface area contributed by atoms with E-state index in [1.807, 2.05) is 0 Å². The van der Waals surface area contributed by atoms with E-state index in [1.165, 1.54) is 40.2 Å². The highest BCUT2D eigenvalue weighted by molar-refractivity contribution is 6.01. The maximum Gasteiger partial charge on any atom is 0.329 e. The van der Waals surface area contributed by atoms with Crippen molar-refractivity contribution in [3.63, 3.8) is 0 Å². The third-order valence-electron chi connectivity index (χ3n) is 6.52. The Morgan fingerprint density at radius 1 is 1.06 bits per heavy atom. The smallest absolute Gasteiger partial charge is 0.298 e. The highest BCUT2D eigenvalue weighted by atomic mass is 19.1. The SMILES string of the molecule is O=C(C1=CNN(C(=O)c2ccc(F)c(Cn3c(=O)[nH]c(=O)c4ccccc43)c2)C=C1)C1CCCC1. The zero-order valence-electron chi connectivity index (χ0n) is 18.8. The number of hydrazine groups is 1. The third kappa shape index (κ3) is 4.32. The molecule has 1 amide bonds.